The summed E-state index contributed by atoms with van der Waals surface area (Å²) in [5.41, 5.74) is 1.17. The average Bonchev–Trinajstić information content (AvgIpc) is 3.04. The van der Waals surface area contributed by atoms with E-state index in [1.165, 1.54) is 10.7 Å². The van der Waals surface area contributed by atoms with E-state index in [4.69, 9.17) is 4.74 Å². The average molecular weight is 278 g/mol. The van der Waals surface area contributed by atoms with Gasteiger partial charge in [0.2, 0.25) is 0 Å². The van der Waals surface area contributed by atoms with Gasteiger partial charge in [-0.2, -0.15) is 0 Å². The third kappa shape index (κ3) is 2.43. The molecule has 1 aliphatic rings. The van der Waals surface area contributed by atoms with Gasteiger partial charge in [-0.15, -0.1) is 11.3 Å². The molecule has 19 heavy (non-hydrogen) atoms. The minimum Gasteiger partial charge on any atom is -0.378 e. The van der Waals surface area contributed by atoms with Crippen molar-refractivity contribution < 1.29 is 4.74 Å². The first-order chi connectivity index (χ1) is 9.29. The Morgan fingerprint density at radius 2 is 2.32 bits per heavy atom. The number of thiazole rings is 1. The molecular formula is C13H18N4OS. The van der Waals surface area contributed by atoms with E-state index < -0.39 is 0 Å². The smallest absolute Gasteiger partial charge is 0.126 e. The Kier molecular flexibility index (Phi) is 3.63. The fourth-order valence-corrected chi connectivity index (χ4v) is 3.23. The molecule has 2 aromatic rings. The number of aromatic nitrogens is 3. The highest BCUT2D eigenvalue weighted by Crippen LogP contribution is 2.27. The van der Waals surface area contributed by atoms with Crippen molar-refractivity contribution in [2.45, 2.75) is 32.7 Å². The van der Waals surface area contributed by atoms with Crippen LogP contribution in [0.15, 0.2) is 17.8 Å². The second-order valence-electron chi connectivity index (χ2n) is 4.76. The lowest BCUT2D eigenvalue weighted by Gasteiger charge is -2.33. The first kappa shape index (κ1) is 12.8. The SMILES string of the molecule is COCc1cnc2n1CCN(Cc1nccs1)C2C. The maximum Gasteiger partial charge on any atom is 0.126 e. The monoisotopic (exact) mass is 278 g/mol. The number of methoxy groups -OCH3 is 1. The van der Waals surface area contributed by atoms with Gasteiger partial charge in [0.25, 0.3) is 0 Å². The number of hydrogen-bond acceptors (Lipinski definition) is 5. The van der Waals surface area contributed by atoms with Gasteiger partial charge in [-0.1, -0.05) is 0 Å². The van der Waals surface area contributed by atoms with Crippen molar-refractivity contribution in [2.24, 2.45) is 0 Å². The summed E-state index contributed by atoms with van der Waals surface area (Å²) in [5, 5.41) is 3.20. The molecule has 0 saturated heterocycles. The van der Waals surface area contributed by atoms with Crippen LogP contribution in [0.25, 0.3) is 0 Å². The van der Waals surface area contributed by atoms with Crippen molar-refractivity contribution in [3.8, 4) is 0 Å². The molecule has 1 unspecified atom stereocenters. The van der Waals surface area contributed by atoms with Crippen LogP contribution >= 0.6 is 11.3 Å². The Labute approximate surface area is 116 Å². The van der Waals surface area contributed by atoms with Crippen molar-refractivity contribution >= 4 is 11.3 Å². The predicted molar refractivity (Wildman–Crippen MR) is 73.9 cm³/mol. The molecule has 5 nitrogen and oxygen atoms in total. The van der Waals surface area contributed by atoms with Gasteiger partial charge in [-0.25, -0.2) is 9.97 Å². The Morgan fingerprint density at radius 1 is 1.42 bits per heavy atom. The van der Waals surface area contributed by atoms with Crippen LogP contribution in [0, 0.1) is 0 Å². The third-order valence-electron chi connectivity index (χ3n) is 3.62. The van der Waals surface area contributed by atoms with Crippen molar-refractivity contribution in [3.63, 3.8) is 0 Å². The van der Waals surface area contributed by atoms with Gasteiger partial charge >= 0.3 is 0 Å². The molecule has 2 aromatic heterocycles. The largest absolute Gasteiger partial charge is 0.378 e. The van der Waals surface area contributed by atoms with Gasteiger partial charge in [-0.3, -0.25) is 4.90 Å². The van der Waals surface area contributed by atoms with Crippen molar-refractivity contribution in [1.82, 2.24) is 19.4 Å². The molecule has 1 atom stereocenters. The summed E-state index contributed by atoms with van der Waals surface area (Å²) in [7, 11) is 1.72. The highest BCUT2D eigenvalue weighted by Gasteiger charge is 2.27. The van der Waals surface area contributed by atoms with Crippen LogP contribution in [-0.4, -0.2) is 33.1 Å². The third-order valence-corrected chi connectivity index (χ3v) is 4.38. The van der Waals surface area contributed by atoms with E-state index in [1.807, 2.05) is 17.8 Å². The fraction of sp³-hybridized carbons (Fsp3) is 0.538. The zero-order valence-corrected chi connectivity index (χ0v) is 12.1. The molecule has 0 N–H and O–H groups in total. The molecule has 0 amide bonds. The van der Waals surface area contributed by atoms with Gasteiger partial charge in [0.15, 0.2) is 0 Å². The molecule has 0 bridgehead atoms. The highest BCUT2D eigenvalue weighted by atomic mass is 32.1. The lowest BCUT2D eigenvalue weighted by atomic mass is 10.2. The zero-order chi connectivity index (χ0) is 13.2. The Bertz CT molecular complexity index is 537. The quantitative estimate of drug-likeness (QED) is 0.858. The summed E-state index contributed by atoms with van der Waals surface area (Å²) in [6.07, 6.45) is 3.80. The van der Waals surface area contributed by atoms with Crippen LogP contribution in [0.4, 0.5) is 0 Å². The van der Waals surface area contributed by atoms with Crippen LogP contribution in [-0.2, 0) is 24.4 Å². The van der Waals surface area contributed by atoms with Gasteiger partial charge in [0.1, 0.15) is 10.8 Å². The molecule has 0 saturated carbocycles. The molecule has 0 radical (unpaired) electrons. The summed E-state index contributed by atoms with van der Waals surface area (Å²) in [4.78, 5) is 11.4. The standard InChI is InChI=1S/C13H18N4OS/c1-10-13-15-7-11(9-18-2)17(13)5-4-16(10)8-12-14-3-6-19-12/h3,6-7,10H,4-5,8-9H2,1-2H3. The van der Waals surface area contributed by atoms with E-state index in [0.29, 0.717) is 12.6 Å². The maximum absolute atomic E-state index is 5.22. The number of ether oxygens (including phenoxy) is 1. The fourth-order valence-electron chi connectivity index (χ4n) is 2.59. The maximum atomic E-state index is 5.22. The molecule has 102 valence electrons. The molecule has 3 heterocycles. The van der Waals surface area contributed by atoms with Crippen LogP contribution < -0.4 is 0 Å². The molecule has 0 aromatic carbocycles. The first-order valence-corrected chi connectivity index (χ1v) is 7.33. The predicted octanol–water partition coefficient (Wildman–Crippen LogP) is 2.06. The van der Waals surface area contributed by atoms with E-state index >= 15 is 0 Å². The molecule has 0 fully saturated rings. The second kappa shape index (κ2) is 5.40. The summed E-state index contributed by atoms with van der Waals surface area (Å²) in [6.45, 7) is 5.75. The van der Waals surface area contributed by atoms with E-state index in [0.717, 1.165) is 25.5 Å². The Hall–Kier alpha value is -1.24. The van der Waals surface area contributed by atoms with E-state index in [2.05, 4.69) is 26.4 Å². The van der Waals surface area contributed by atoms with Crippen LogP contribution in [0.5, 0.6) is 0 Å². The minimum absolute atomic E-state index is 0.322. The Balaban J connectivity index is 1.78. The van der Waals surface area contributed by atoms with Gasteiger partial charge in [0, 0.05) is 31.8 Å². The number of fused-ring (bicyclic) bond motifs is 1. The second-order valence-corrected chi connectivity index (χ2v) is 5.74. The van der Waals surface area contributed by atoms with Crippen molar-refractivity contribution in [2.75, 3.05) is 13.7 Å². The van der Waals surface area contributed by atoms with Crippen molar-refractivity contribution in [1.29, 1.82) is 0 Å². The zero-order valence-electron chi connectivity index (χ0n) is 11.2. The summed E-state index contributed by atoms with van der Waals surface area (Å²) in [6, 6.07) is 0.322. The summed E-state index contributed by atoms with van der Waals surface area (Å²) in [5.74, 6) is 1.13. The van der Waals surface area contributed by atoms with E-state index in [-0.39, 0.29) is 0 Å². The molecular weight excluding hydrogens is 260 g/mol. The van der Waals surface area contributed by atoms with Gasteiger partial charge in [0.05, 0.1) is 31.1 Å². The summed E-state index contributed by atoms with van der Waals surface area (Å²) < 4.78 is 7.50. The number of nitrogens with zero attached hydrogens (tertiary/aromatic N) is 4. The minimum atomic E-state index is 0.322. The Morgan fingerprint density at radius 3 is 3.05 bits per heavy atom. The van der Waals surface area contributed by atoms with E-state index in [1.54, 1.807) is 18.4 Å². The van der Waals surface area contributed by atoms with Crippen LogP contribution in [0.3, 0.4) is 0 Å². The first-order valence-electron chi connectivity index (χ1n) is 6.45. The number of imidazole rings is 1. The van der Waals surface area contributed by atoms with Gasteiger partial charge < -0.3 is 9.30 Å². The lowest BCUT2D eigenvalue weighted by molar-refractivity contribution is 0.143. The number of hydrogen-bond donors (Lipinski definition) is 0. The van der Waals surface area contributed by atoms with E-state index in [9.17, 15) is 0 Å². The lowest BCUT2D eigenvalue weighted by Crippen LogP contribution is -2.37. The normalized spacial score (nSPS) is 19.6. The summed E-state index contributed by atoms with van der Waals surface area (Å²) >= 11 is 1.71. The van der Waals surface area contributed by atoms with Crippen LogP contribution in [0.1, 0.15) is 29.5 Å². The number of rotatable bonds is 4. The molecule has 0 spiro atoms. The molecule has 0 aliphatic carbocycles. The highest BCUT2D eigenvalue weighted by molar-refractivity contribution is 7.09. The van der Waals surface area contributed by atoms with Crippen molar-refractivity contribution in [3.05, 3.63) is 34.3 Å². The molecule has 1 aliphatic heterocycles. The van der Waals surface area contributed by atoms with Crippen LogP contribution in [0.2, 0.25) is 0 Å². The molecule has 3 rings (SSSR count). The topological polar surface area (TPSA) is 43.2 Å². The van der Waals surface area contributed by atoms with Gasteiger partial charge in [-0.05, 0) is 6.92 Å². The molecule has 6 heteroatoms.